The summed E-state index contributed by atoms with van der Waals surface area (Å²) in [6, 6.07) is 17.7. The van der Waals surface area contributed by atoms with Crippen LogP contribution in [0.5, 0.6) is 0 Å². The van der Waals surface area contributed by atoms with Crippen LogP contribution in [-0.2, 0) is 5.41 Å². The predicted molar refractivity (Wildman–Crippen MR) is 108 cm³/mol. The number of rotatable bonds is 7. The van der Waals surface area contributed by atoms with Crippen molar-refractivity contribution in [1.29, 1.82) is 0 Å². The fraction of sp³-hybridized carbons (Fsp3) is 0.348. The molecule has 2 aliphatic rings. The van der Waals surface area contributed by atoms with Crippen LogP contribution in [0.15, 0.2) is 59.1 Å². The van der Waals surface area contributed by atoms with Gasteiger partial charge in [0, 0.05) is 29.5 Å². The van der Waals surface area contributed by atoms with Crippen LogP contribution in [-0.4, -0.2) is 33.8 Å². The van der Waals surface area contributed by atoms with E-state index in [0.29, 0.717) is 17.9 Å². The predicted octanol–water partition coefficient (Wildman–Crippen LogP) is 4.00. The number of hydrogen-bond donors (Lipinski definition) is 2. The Kier molecular flexibility index (Phi) is 4.43. The molecule has 3 aromatic rings. The van der Waals surface area contributed by atoms with Gasteiger partial charge in [-0.05, 0) is 49.1 Å². The first kappa shape index (κ1) is 18.1. The minimum Gasteiger partial charge on any atom is -0.478 e. The number of hydrogen-bond acceptors (Lipinski definition) is 5. The highest BCUT2D eigenvalue weighted by Crippen LogP contribution is 2.45. The molecule has 6 nitrogen and oxygen atoms in total. The average molecular weight is 389 g/mol. The quantitative estimate of drug-likeness (QED) is 0.635. The van der Waals surface area contributed by atoms with Crippen molar-refractivity contribution in [2.75, 3.05) is 6.54 Å². The third-order valence-corrected chi connectivity index (χ3v) is 6.31. The monoisotopic (exact) mass is 389 g/mol. The van der Waals surface area contributed by atoms with Crippen molar-refractivity contribution >= 4 is 5.97 Å². The molecule has 1 aromatic heterocycles. The molecule has 0 aliphatic heterocycles. The van der Waals surface area contributed by atoms with Crippen molar-refractivity contribution in [3.63, 3.8) is 0 Å². The Morgan fingerprint density at radius 3 is 2.55 bits per heavy atom. The Hall–Kier alpha value is -2.99. The average Bonchev–Trinajstić information content (AvgIpc) is 3.33. The van der Waals surface area contributed by atoms with Gasteiger partial charge in [-0.25, -0.2) is 4.79 Å². The molecule has 6 heteroatoms. The Labute approximate surface area is 169 Å². The van der Waals surface area contributed by atoms with Gasteiger partial charge in [0.05, 0.1) is 5.56 Å². The molecule has 1 heterocycles. The smallest absolute Gasteiger partial charge is 0.335 e. The van der Waals surface area contributed by atoms with Gasteiger partial charge in [0.2, 0.25) is 0 Å². The van der Waals surface area contributed by atoms with Crippen LogP contribution in [0.4, 0.5) is 0 Å². The maximum Gasteiger partial charge on any atom is 0.335 e. The summed E-state index contributed by atoms with van der Waals surface area (Å²) in [7, 11) is 0. The Bertz CT molecular complexity index is 1010. The fourth-order valence-electron chi connectivity index (χ4n) is 4.21. The van der Waals surface area contributed by atoms with Gasteiger partial charge in [-0.1, -0.05) is 41.9 Å². The van der Waals surface area contributed by atoms with Crippen molar-refractivity contribution in [2.45, 2.75) is 43.1 Å². The van der Waals surface area contributed by atoms with Gasteiger partial charge < -0.3 is 14.9 Å². The van der Waals surface area contributed by atoms with Crippen molar-refractivity contribution < 1.29 is 14.4 Å². The molecule has 1 unspecified atom stereocenters. The highest BCUT2D eigenvalue weighted by Gasteiger charge is 2.46. The normalized spacial score (nSPS) is 22.1. The van der Waals surface area contributed by atoms with E-state index in [0.717, 1.165) is 30.8 Å². The van der Waals surface area contributed by atoms with E-state index < -0.39 is 5.97 Å². The topological polar surface area (TPSA) is 88.2 Å². The molecule has 2 aromatic carbocycles. The van der Waals surface area contributed by atoms with E-state index in [4.69, 9.17) is 9.63 Å². The first-order chi connectivity index (χ1) is 14.1. The molecule has 2 fully saturated rings. The van der Waals surface area contributed by atoms with Gasteiger partial charge in [-0.2, -0.15) is 4.98 Å². The Morgan fingerprint density at radius 2 is 1.90 bits per heavy atom. The summed E-state index contributed by atoms with van der Waals surface area (Å²) < 4.78 is 5.51. The third kappa shape index (κ3) is 3.44. The molecule has 2 aliphatic carbocycles. The summed E-state index contributed by atoms with van der Waals surface area (Å²) >= 11 is 0. The molecular weight excluding hydrogens is 366 g/mol. The number of carboxylic acids is 1. The maximum absolute atomic E-state index is 11.0. The van der Waals surface area contributed by atoms with Gasteiger partial charge in [0.25, 0.3) is 5.89 Å². The second-order valence-corrected chi connectivity index (χ2v) is 8.18. The first-order valence-electron chi connectivity index (χ1n) is 10.1. The van der Waals surface area contributed by atoms with Crippen molar-refractivity contribution in [1.82, 2.24) is 15.5 Å². The Morgan fingerprint density at radius 1 is 1.14 bits per heavy atom. The molecule has 0 radical (unpaired) electrons. The summed E-state index contributed by atoms with van der Waals surface area (Å²) in [4.78, 5) is 15.7. The molecule has 0 spiro atoms. The van der Waals surface area contributed by atoms with E-state index >= 15 is 0 Å². The third-order valence-electron chi connectivity index (χ3n) is 6.31. The SMILES string of the molecule is O=C(O)c1ccc(-c2nc(C3(CN[C@H]4CC4c4ccccc4)CCC3)no2)cc1. The van der Waals surface area contributed by atoms with E-state index in [-0.39, 0.29) is 11.0 Å². The molecule has 5 rings (SSSR count). The molecule has 2 saturated carbocycles. The lowest BCUT2D eigenvalue weighted by atomic mass is 9.68. The molecule has 148 valence electrons. The molecule has 0 bridgehead atoms. The van der Waals surface area contributed by atoms with Crippen LogP contribution >= 0.6 is 0 Å². The van der Waals surface area contributed by atoms with E-state index in [1.165, 1.54) is 18.4 Å². The van der Waals surface area contributed by atoms with E-state index in [9.17, 15) is 4.79 Å². The molecule has 2 N–H and O–H groups in total. The zero-order chi connectivity index (χ0) is 19.8. The number of benzene rings is 2. The van der Waals surface area contributed by atoms with Crippen molar-refractivity contribution in [3.05, 3.63) is 71.5 Å². The highest BCUT2D eigenvalue weighted by atomic mass is 16.5. The number of aromatic nitrogens is 2. The summed E-state index contributed by atoms with van der Waals surface area (Å²) in [5.74, 6) is 0.848. The molecule has 29 heavy (non-hydrogen) atoms. The largest absolute Gasteiger partial charge is 0.478 e. The van der Waals surface area contributed by atoms with Crippen molar-refractivity contribution in [3.8, 4) is 11.5 Å². The van der Waals surface area contributed by atoms with E-state index in [1.807, 2.05) is 0 Å². The van der Waals surface area contributed by atoms with Crippen LogP contribution in [0, 0.1) is 0 Å². The lowest BCUT2D eigenvalue weighted by Crippen LogP contribution is -2.45. The second kappa shape index (κ2) is 7.12. The van der Waals surface area contributed by atoms with E-state index in [1.54, 1.807) is 24.3 Å². The molecular formula is C23H23N3O3. The standard InChI is InChI=1S/C23H23N3O3/c27-21(28)17-9-7-16(8-10-17)20-25-22(26-29-20)23(11-4-12-23)14-24-19-13-18(19)15-5-2-1-3-6-15/h1-3,5-10,18-19,24H,4,11-14H2,(H,27,28)/t18?,19-/m0/s1. The maximum atomic E-state index is 11.0. The lowest BCUT2D eigenvalue weighted by molar-refractivity contribution is 0.0697. The van der Waals surface area contributed by atoms with Gasteiger partial charge in [-0.15, -0.1) is 0 Å². The highest BCUT2D eigenvalue weighted by molar-refractivity contribution is 5.88. The minimum atomic E-state index is -0.948. The van der Waals surface area contributed by atoms with Crippen LogP contribution in [0.1, 0.15) is 53.3 Å². The van der Waals surface area contributed by atoms with Crippen LogP contribution in [0.2, 0.25) is 0 Å². The fourth-order valence-corrected chi connectivity index (χ4v) is 4.21. The van der Waals surface area contributed by atoms with Crippen LogP contribution in [0.3, 0.4) is 0 Å². The number of carboxylic acid groups (broad SMARTS) is 1. The number of nitrogens with one attached hydrogen (secondary N) is 1. The van der Waals surface area contributed by atoms with Crippen LogP contribution < -0.4 is 5.32 Å². The van der Waals surface area contributed by atoms with Crippen LogP contribution in [0.25, 0.3) is 11.5 Å². The zero-order valence-corrected chi connectivity index (χ0v) is 16.0. The lowest BCUT2D eigenvalue weighted by Gasteiger charge is -2.39. The summed E-state index contributed by atoms with van der Waals surface area (Å²) in [5.41, 5.74) is 2.32. The summed E-state index contributed by atoms with van der Waals surface area (Å²) in [6.07, 6.45) is 4.46. The Balaban J connectivity index is 1.26. The zero-order valence-electron chi connectivity index (χ0n) is 16.0. The molecule has 0 saturated heterocycles. The summed E-state index contributed by atoms with van der Waals surface area (Å²) in [6.45, 7) is 0.859. The number of nitrogens with zero attached hydrogens (tertiary/aromatic N) is 2. The van der Waals surface area contributed by atoms with Gasteiger partial charge >= 0.3 is 5.97 Å². The number of carbonyl (C=O) groups is 1. The van der Waals surface area contributed by atoms with E-state index in [2.05, 4.69) is 45.8 Å². The summed E-state index contributed by atoms with van der Waals surface area (Å²) in [5, 5.41) is 17.0. The van der Waals surface area contributed by atoms with Gasteiger partial charge in [0.15, 0.2) is 5.82 Å². The molecule has 0 amide bonds. The first-order valence-corrected chi connectivity index (χ1v) is 10.1. The van der Waals surface area contributed by atoms with Gasteiger partial charge in [0.1, 0.15) is 0 Å². The minimum absolute atomic E-state index is 0.0629. The second-order valence-electron chi connectivity index (χ2n) is 8.18. The molecule has 2 atom stereocenters. The number of aromatic carboxylic acids is 1. The van der Waals surface area contributed by atoms with Gasteiger partial charge in [-0.3, -0.25) is 0 Å². The van der Waals surface area contributed by atoms with Crippen molar-refractivity contribution in [2.24, 2.45) is 0 Å².